The molecule has 1 aliphatic carbocycles. The zero-order chi connectivity index (χ0) is 25.3. The fraction of sp³-hybridized carbons (Fsp3) is 0.214. The Morgan fingerprint density at radius 3 is 2.14 bits per heavy atom. The van der Waals surface area contributed by atoms with Crippen LogP contribution in [0.25, 0.3) is 16.8 Å². The van der Waals surface area contributed by atoms with Gasteiger partial charge >= 0.3 is 12.0 Å². The first-order chi connectivity index (χ1) is 17.4. The monoisotopic (exact) mass is 481 g/mol. The maximum atomic E-state index is 12.7. The van der Waals surface area contributed by atoms with Gasteiger partial charge in [0, 0.05) is 0 Å². The van der Waals surface area contributed by atoms with Crippen LogP contribution in [0.2, 0.25) is 0 Å². The number of hydrogen-bond donors (Lipinski definition) is 3. The molecule has 1 aromatic heterocycles. The Labute approximate surface area is 209 Å². The lowest BCUT2D eigenvalue weighted by Gasteiger charge is -2.16. The van der Waals surface area contributed by atoms with Crippen LogP contribution in [0.15, 0.2) is 78.9 Å². The summed E-state index contributed by atoms with van der Waals surface area (Å²) < 4.78 is 1.60. The lowest BCUT2D eigenvalue weighted by molar-refractivity contribution is -0.140. The summed E-state index contributed by atoms with van der Waals surface area (Å²) >= 11 is 0. The van der Waals surface area contributed by atoms with Gasteiger partial charge in [0.25, 0.3) is 0 Å². The summed E-state index contributed by atoms with van der Waals surface area (Å²) in [6.45, 7) is 3.72. The second-order valence-electron chi connectivity index (χ2n) is 9.18. The molecule has 3 N–H and O–H groups in total. The predicted octanol–water partition coefficient (Wildman–Crippen LogP) is 5.24. The molecule has 4 aromatic rings. The van der Waals surface area contributed by atoms with Gasteiger partial charge in [-0.25, -0.2) is 4.79 Å². The van der Waals surface area contributed by atoms with E-state index in [1.165, 1.54) is 0 Å². The van der Waals surface area contributed by atoms with Crippen LogP contribution in [0.3, 0.4) is 0 Å². The number of carboxylic acids is 1. The quantitative estimate of drug-likeness (QED) is 0.334. The number of carbonyl (C=O) groups is 2. The number of benzene rings is 3. The normalized spacial score (nSPS) is 14.6. The van der Waals surface area contributed by atoms with Gasteiger partial charge in [-0.1, -0.05) is 71.9 Å². The van der Waals surface area contributed by atoms with Crippen molar-refractivity contribution in [2.45, 2.75) is 38.1 Å². The Bertz CT molecular complexity index is 1390. The Morgan fingerprint density at radius 1 is 0.944 bits per heavy atom. The first-order valence-electron chi connectivity index (χ1n) is 11.9. The van der Waals surface area contributed by atoms with Gasteiger partial charge in [0.15, 0.2) is 5.82 Å². The topological polar surface area (TPSA) is 109 Å². The number of amides is 2. The number of urea groups is 1. The molecule has 0 unspecified atom stereocenters. The van der Waals surface area contributed by atoms with E-state index in [2.05, 4.69) is 20.9 Å². The average molecular weight is 482 g/mol. The first kappa shape index (κ1) is 23.3. The summed E-state index contributed by atoms with van der Waals surface area (Å²) in [4.78, 5) is 24.3. The number of carboxylic acid groups (broad SMARTS) is 1. The van der Waals surface area contributed by atoms with Crippen LogP contribution in [0.5, 0.6) is 0 Å². The second kappa shape index (κ2) is 9.30. The molecule has 0 radical (unpaired) electrons. The number of nitrogens with one attached hydrogen (secondary N) is 2. The summed E-state index contributed by atoms with van der Waals surface area (Å²) in [6, 6.07) is 24.7. The minimum Gasteiger partial charge on any atom is -0.481 e. The first-order valence-corrected chi connectivity index (χ1v) is 11.9. The van der Waals surface area contributed by atoms with Crippen molar-refractivity contribution in [2.75, 3.05) is 5.32 Å². The molecule has 0 saturated heterocycles. The summed E-state index contributed by atoms with van der Waals surface area (Å²) in [7, 11) is 0. The van der Waals surface area contributed by atoms with Gasteiger partial charge in [-0.05, 0) is 61.1 Å². The van der Waals surface area contributed by atoms with Gasteiger partial charge in [0.2, 0.25) is 0 Å². The summed E-state index contributed by atoms with van der Waals surface area (Å²) in [5.74, 6) is -0.261. The SMILES string of the molecule is Cc1nnn(-c2ccc(-c3ccc(C4(C(=O)O)CC4)cc3)cc2)c1NC(=O)N[C@@H](C)c1ccccc1. The Hall–Kier alpha value is -4.46. The molecule has 1 heterocycles. The van der Waals surface area contributed by atoms with Crippen molar-refractivity contribution >= 4 is 17.8 Å². The molecule has 1 fully saturated rings. The number of aliphatic carboxylic acids is 1. The molecular weight excluding hydrogens is 454 g/mol. The average Bonchev–Trinajstić information content (AvgIpc) is 3.64. The molecule has 8 heteroatoms. The van der Waals surface area contributed by atoms with E-state index in [0.717, 1.165) is 27.9 Å². The van der Waals surface area contributed by atoms with Gasteiger partial charge in [-0.2, -0.15) is 4.68 Å². The van der Waals surface area contributed by atoms with E-state index < -0.39 is 11.4 Å². The zero-order valence-corrected chi connectivity index (χ0v) is 20.1. The molecule has 0 bridgehead atoms. The predicted molar refractivity (Wildman–Crippen MR) is 137 cm³/mol. The van der Waals surface area contributed by atoms with Crippen LogP contribution < -0.4 is 10.6 Å². The molecule has 1 atom stereocenters. The van der Waals surface area contributed by atoms with Gasteiger partial charge in [0.05, 0.1) is 17.1 Å². The zero-order valence-electron chi connectivity index (χ0n) is 20.1. The number of carbonyl (C=O) groups excluding carboxylic acids is 1. The third-order valence-electron chi connectivity index (χ3n) is 6.76. The number of hydrogen-bond acceptors (Lipinski definition) is 4. The van der Waals surface area contributed by atoms with Gasteiger partial charge in [-0.3, -0.25) is 10.1 Å². The van der Waals surface area contributed by atoms with Crippen molar-refractivity contribution < 1.29 is 14.7 Å². The lowest BCUT2D eigenvalue weighted by atomic mass is 9.94. The number of aromatic nitrogens is 3. The van der Waals surface area contributed by atoms with E-state index in [1.54, 1.807) is 11.6 Å². The molecule has 182 valence electrons. The van der Waals surface area contributed by atoms with Gasteiger partial charge < -0.3 is 10.4 Å². The maximum absolute atomic E-state index is 12.7. The summed E-state index contributed by atoms with van der Waals surface area (Å²) in [5.41, 5.74) is 4.50. The third-order valence-corrected chi connectivity index (χ3v) is 6.76. The molecule has 0 aliphatic heterocycles. The minimum absolute atomic E-state index is 0.160. The summed E-state index contributed by atoms with van der Waals surface area (Å²) in [5, 5.41) is 23.7. The minimum atomic E-state index is -0.754. The van der Waals surface area contributed by atoms with Gasteiger partial charge in [-0.15, -0.1) is 5.10 Å². The van der Waals surface area contributed by atoms with Crippen molar-refractivity contribution in [1.82, 2.24) is 20.3 Å². The van der Waals surface area contributed by atoms with Crippen LogP contribution >= 0.6 is 0 Å². The molecule has 3 aromatic carbocycles. The third kappa shape index (κ3) is 4.45. The van der Waals surface area contributed by atoms with Crippen LogP contribution in [0.1, 0.15) is 42.6 Å². The molecular formula is C28H27N5O3. The van der Waals surface area contributed by atoms with Crippen LogP contribution in [-0.4, -0.2) is 32.1 Å². The highest BCUT2D eigenvalue weighted by molar-refractivity contribution is 5.89. The highest BCUT2D eigenvalue weighted by Gasteiger charge is 2.51. The van der Waals surface area contributed by atoms with E-state index >= 15 is 0 Å². The Morgan fingerprint density at radius 2 is 1.56 bits per heavy atom. The largest absolute Gasteiger partial charge is 0.481 e. The van der Waals surface area contributed by atoms with Crippen molar-refractivity contribution in [1.29, 1.82) is 0 Å². The van der Waals surface area contributed by atoms with Crippen LogP contribution in [0.4, 0.5) is 10.6 Å². The molecule has 2 amide bonds. The highest BCUT2D eigenvalue weighted by atomic mass is 16.4. The van der Waals surface area contributed by atoms with E-state index in [9.17, 15) is 14.7 Å². The molecule has 1 saturated carbocycles. The lowest BCUT2D eigenvalue weighted by Crippen LogP contribution is -2.32. The molecule has 36 heavy (non-hydrogen) atoms. The van der Waals surface area contributed by atoms with Crippen molar-refractivity contribution in [3.63, 3.8) is 0 Å². The fourth-order valence-corrected chi connectivity index (χ4v) is 4.37. The van der Waals surface area contributed by atoms with Crippen molar-refractivity contribution in [3.8, 4) is 16.8 Å². The second-order valence-corrected chi connectivity index (χ2v) is 9.18. The smallest absolute Gasteiger partial charge is 0.320 e. The molecule has 1 aliphatic rings. The van der Waals surface area contributed by atoms with Crippen molar-refractivity contribution in [2.24, 2.45) is 0 Å². The molecule has 8 nitrogen and oxygen atoms in total. The Kier molecular flexibility index (Phi) is 6.01. The summed E-state index contributed by atoms with van der Waals surface area (Å²) in [6.07, 6.45) is 1.38. The molecule has 5 rings (SSSR count). The highest BCUT2D eigenvalue weighted by Crippen LogP contribution is 2.48. The van der Waals surface area contributed by atoms with Crippen LogP contribution in [0, 0.1) is 6.92 Å². The Balaban J connectivity index is 1.30. The van der Waals surface area contributed by atoms with Crippen molar-refractivity contribution in [3.05, 3.63) is 95.7 Å². The standard InChI is InChI=1S/C28H27N5O3/c1-18(20-6-4-3-5-7-20)29-27(36)30-25-19(2)31-32-33(25)24-14-10-22(11-15-24)21-8-12-23(13-9-21)28(16-17-28)26(34)35/h3-15,18H,16-17H2,1-2H3,(H,34,35)(H2,29,30,36)/t18-/m0/s1. The number of anilines is 1. The van der Waals surface area contributed by atoms with Gasteiger partial charge in [0.1, 0.15) is 5.69 Å². The van der Waals surface area contributed by atoms with E-state index in [4.69, 9.17) is 0 Å². The van der Waals surface area contributed by atoms with Crippen LogP contribution in [-0.2, 0) is 10.2 Å². The molecule has 0 spiro atoms. The maximum Gasteiger partial charge on any atom is 0.320 e. The fourth-order valence-electron chi connectivity index (χ4n) is 4.37. The number of nitrogens with zero attached hydrogens (tertiary/aromatic N) is 3. The van der Waals surface area contributed by atoms with E-state index in [1.807, 2.05) is 85.8 Å². The number of rotatable bonds is 7. The van der Waals surface area contributed by atoms with E-state index in [-0.39, 0.29) is 12.1 Å². The number of aryl methyl sites for hydroxylation is 1. The van der Waals surface area contributed by atoms with E-state index in [0.29, 0.717) is 24.4 Å².